The second-order valence-electron chi connectivity index (χ2n) is 5.48. The van der Waals surface area contributed by atoms with E-state index in [1.165, 1.54) is 51.4 Å². The molecule has 1 fully saturated rings. The summed E-state index contributed by atoms with van der Waals surface area (Å²) in [6.07, 6.45) is 13.5. The highest BCUT2D eigenvalue weighted by Crippen LogP contribution is 2.45. The Hall–Kier alpha value is -0.560. The first-order valence-electron chi connectivity index (χ1n) is 6.90. The lowest BCUT2D eigenvalue weighted by Crippen LogP contribution is -2.39. The highest BCUT2D eigenvalue weighted by molar-refractivity contribution is 5.30. The summed E-state index contributed by atoms with van der Waals surface area (Å²) in [4.78, 5) is 0. The van der Waals surface area contributed by atoms with Crippen LogP contribution in [0.5, 0.6) is 0 Å². The zero-order valence-corrected chi connectivity index (χ0v) is 10.1. The molecule has 0 aromatic carbocycles. The Morgan fingerprint density at radius 1 is 1.00 bits per heavy atom. The molecule has 0 bridgehead atoms. The number of hydrogen-bond donors (Lipinski definition) is 0. The van der Waals surface area contributed by atoms with Crippen molar-refractivity contribution in [3.63, 3.8) is 0 Å². The van der Waals surface area contributed by atoms with Crippen molar-refractivity contribution < 1.29 is 4.74 Å². The van der Waals surface area contributed by atoms with Crippen molar-refractivity contribution in [1.82, 2.24) is 0 Å². The molecule has 0 saturated heterocycles. The van der Waals surface area contributed by atoms with Crippen LogP contribution in [-0.2, 0) is 4.74 Å². The average Bonchev–Trinajstić information content (AvgIpc) is 2.38. The molecule has 0 radical (unpaired) electrons. The third-order valence-electron chi connectivity index (χ3n) is 4.58. The van der Waals surface area contributed by atoms with Gasteiger partial charge in [0.2, 0.25) is 0 Å². The van der Waals surface area contributed by atoms with E-state index in [1.807, 2.05) is 6.08 Å². The van der Waals surface area contributed by atoms with Gasteiger partial charge in [0.05, 0.1) is 12.2 Å². The molecule has 0 unspecified atom stereocenters. The summed E-state index contributed by atoms with van der Waals surface area (Å²) < 4.78 is 6.23. The van der Waals surface area contributed by atoms with Crippen molar-refractivity contribution in [3.05, 3.63) is 23.8 Å². The van der Waals surface area contributed by atoms with Gasteiger partial charge in [-0.1, -0.05) is 24.5 Å². The molecule has 0 aromatic rings. The van der Waals surface area contributed by atoms with Gasteiger partial charge in [0, 0.05) is 5.92 Å². The SMILES string of the molecule is C=C[C@H]1O[C@@H]2CCCC[C@@H]2C2=C1CCCC2. The van der Waals surface area contributed by atoms with Crippen molar-refractivity contribution in [3.8, 4) is 0 Å². The Morgan fingerprint density at radius 3 is 2.56 bits per heavy atom. The zero-order chi connectivity index (χ0) is 11.0. The summed E-state index contributed by atoms with van der Waals surface area (Å²) in [5, 5.41) is 0. The summed E-state index contributed by atoms with van der Waals surface area (Å²) >= 11 is 0. The molecule has 3 atom stereocenters. The molecule has 0 spiro atoms. The molecule has 0 N–H and O–H groups in total. The van der Waals surface area contributed by atoms with Gasteiger partial charge in [0.25, 0.3) is 0 Å². The van der Waals surface area contributed by atoms with Crippen LogP contribution in [0.3, 0.4) is 0 Å². The second kappa shape index (κ2) is 4.37. The summed E-state index contributed by atoms with van der Waals surface area (Å²) in [6.45, 7) is 3.95. The monoisotopic (exact) mass is 218 g/mol. The first kappa shape index (κ1) is 10.6. The summed E-state index contributed by atoms with van der Waals surface area (Å²) in [7, 11) is 0. The van der Waals surface area contributed by atoms with Gasteiger partial charge in [0.1, 0.15) is 0 Å². The van der Waals surface area contributed by atoms with Crippen molar-refractivity contribution in [2.75, 3.05) is 0 Å². The Morgan fingerprint density at radius 2 is 1.75 bits per heavy atom. The van der Waals surface area contributed by atoms with Crippen molar-refractivity contribution in [2.45, 2.75) is 63.6 Å². The minimum absolute atomic E-state index is 0.245. The van der Waals surface area contributed by atoms with Crippen LogP contribution in [0, 0.1) is 5.92 Å². The first-order chi connectivity index (χ1) is 7.90. The Labute approximate surface area is 98.6 Å². The molecule has 1 heteroatoms. The van der Waals surface area contributed by atoms with E-state index in [4.69, 9.17) is 4.74 Å². The van der Waals surface area contributed by atoms with Crippen LogP contribution in [0.15, 0.2) is 23.8 Å². The Balaban J connectivity index is 1.94. The van der Waals surface area contributed by atoms with E-state index in [9.17, 15) is 0 Å². The number of ether oxygens (including phenoxy) is 1. The number of rotatable bonds is 1. The minimum Gasteiger partial charge on any atom is -0.366 e. The lowest BCUT2D eigenvalue weighted by atomic mass is 9.72. The van der Waals surface area contributed by atoms with Gasteiger partial charge < -0.3 is 4.74 Å². The fourth-order valence-electron chi connectivity index (χ4n) is 3.83. The largest absolute Gasteiger partial charge is 0.366 e. The molecule has 0 aromatic heterocycles. The van der Waals surface area contributed by atoms with E-state index in [-0.39, 0.29) is 6.10 Å². The highest BCUT2D eigenvalue weighted by atomic mass is 16.5. The lowest BCUT2D eigenvalue weighted by Gasteiger charge is -2.43. The van der Waals surface area contributed by atoms with Crippen molar-refractivity contribution >= 4 is 0 Å². The molecule has 1 saturated carbocycles. The van der Waals surface area contributed by atoms with E-state index < -0.39 is 0 Å². The third kappa shape index (κ3) is 1.66. The van der Waals surface area contributed by atoms with E-state index >= 15 is 0 Å². The quantitative estimate of drug-likeness (QED) is 0.604. The maximum Gasteiger partial charge on any atom is 0.0970 e. The van der Waals surface area contributed by atoms with Gasteiger partial charge in [-0.2, -0.15) is 0 Å². The second-order valence-corrected chi connectivity index (χ2v) is 5.48. The molecule has 3 rings (SSSR count). The smallest absolute Gasteiger partial charge is 0.0970 e. The van der Waals surface area contributed by atoms with Crippen LogP contribution >= 0.6 is 0 Å². The van der Waals surface area contributed by atoms with Crippen LogP contribution in [0.2, 0.25) is 0 Å². The number of hydrogen-bond acceptors (Lipinski definition) is 1. The molecule has 2 aliphatic carbocycles. The molecule has 16 heavy (non-hydrogen) atoms. The van der Waals surface area contributed by atoms with Crippen molar-refractivity contribution in [2.24, 2.45) is 5.92 Å². The number of fused-ring (bicyclic) bond motifs is 2. The maximum atomic E-state index is 6.23. The normalized spacial score (nSPS) is 38.9. The van der Waals surface area contributed by atoms with Crippen LogP contribution in [0.1, 0.15) is 51.4 Å². The van der Waals surface area contributed by atoms with Gasteiger partial charge in [-0.3, -0.25) is 0 Å². The van der Waals surface area contributed by atoms with E-state index in [0.29, 0.717) is 6.10 Å². The zero-order valence-electron chi connectivity index (χ0n) is 10.1. The van der Waals surface area contributed by atoms with Gasteiger partial charge in [-0.05, 0) is 44.1 Å². The summed E-state index contributed by atoms with van der Waals surface area (Å²) in [5.74, 6) is 0.764. The third-order valence-corrected chi connectivity index (χ3v) is 4.58. The summed E-state index contributed by atoms with van der Waals surface area (Å²) in [6, 6.07) is 0. The highest BCUT2D eigenvalue weighted by Gasteiger charge is 2.38. The standard InChI is InChI=1S/C15H22O/c1-2-14-12-8-4-3-7-11(12)13-9-5-6-10-15(13)16-14/h2,13-15H,1,3-10H2/t13-,14-,15-/m1/s1. The van der Waals surface area contributed by atoms with Crippen LogP contribution in [-0.4, -0.2) is 12.2 Å². The fourth-order valence-corrected chi connectivity index (χ4v) is 3.83. The van der Waals surface area contributed by atoms with Gasteiger partial charge in [-0.15, -0.1) is 6.58 Å². The predicted molar refractivity (Wildman–Crippen MR) is 66.3 cm³/mol. The molecule has 1 nitrogen and oxygen atoms in total. The van der Waals surface area contributed by atoms with Crippen molar-refractivity contribution in [1.29, 1.82) is 0 Å². The van der Waals surface area contributed by atoms with Crippen LogP contribution in [0.25, 0.3) is 0 Å². The first-order valence-corrected chi connectivity index (χ1v) is 6.90. The lowest BCUT2D eigenvalue weighted by molar-refractivity contribution is -0.0358. The topological polar surface area (TPSA) is 9.23 Å². The maximum absolute atomic E-state index is 6.23. The molecule has 3 aliphatic rings. The van der Waals surface area contributed by atoms with E-state index in [0.717, 1.165) is 5.92 Å². The summed E-state index contributed by atoms with van der Waals surface area (Å²) in [5.41, 5.74) is 3.37. The molecule has 1 aliphatic heterocycles. The van der Waals surface area contributed by atoms with Crippen LogP contribution in [0.4, 0.5) is 0 Å². The Bertz CT molecular complexity index is 315. The van der Waals surface area contributed by atoms with Gasteiger partial charge in [-0.25, -0.2) is 0 Å². The molecular formula is C15H22O. The van der Waals surface area contributed by atoms with E-state index in [1.54, 1.807) is 11.1 Å². The fraction of sp³-hybridized carbons (Fsp3) is 0.733. The molecule has 1 heterocycles. The average molecular weight is 218 g/mol. The molecule has 0 amide bonds. The predicted octanol–water partition coefficient (Wildman–Crippen LogP) is 4.00. The molecule has 88 valence electrons. The minimum atomic E-state index is 0.245. The molecular weight excluding hydrogens is 196 g/mol. The Kier molecular flexibility index (Phi) is 2.89. The van der Waals surface area contributed by atoms with Gasteiger partial charge >= 0.3 is 0 Å². The van der Waals surface area contributed by atoms with Crippen LogP contribution < -0.4 is 0 Å². The van der Waals surface area contributed by atoms with E-state index in [2.05, 4.69) is 6.58 Å². The van der Waals surface area contributed by atoms with Gasteiger partial charge in [0.15, 0.2) is 0 Å².